The lowest BCUT2D eigenvalue weighted by Crippen LogP contribution is -2.27. The van der Waals surface area contributed by atoms with Gasteiger partial charge in [-0.1, -0.05) is 36.4 Å². The van der Waals surface area contributed by atoms with Crippen LogP contribution in [0.4, 0.5) is 5.69 Å². The Morgan fingerprint density at radius 1 is 0.958 bits per heavy atom. The number of hydrogen-bond acceptors (Lipinski definition) is 3. The molecule has 0 radical (unpaired) electrons. The Kier molecular flexibility index (Phi) is 2.59. The molecule has 0 saturated heterocycles. The van der Waals surface area contributed by atoms with E-state index in [1.54, 1.807) is 12.1 Å². The first-order chi connectivity index (χ1) is 11.6. The first kappa shape index (κ1) is 13.6. The minimum absolute atomic E-state index is 0.185. The molecule has 5 nitrogen and oxygen atoms in total. The topological polar surface area (TPSA) is 66.1 Å². The van der Waals surface area contributed by atoms with Gasteiger partial charge in [-0.25, -0.2) is 13.4 Å². The van der Waals surface area contributed by atoms with E-state index in [1.165, 1.54) is 4.31 Å². The number of anilines is 1. The fourth-order valence-corrected chi connectivity index (χ4v) is 5.02. The summed E-state index contributed by atoms with van der Waals surface area (Å²) in [7, 11) is -3.56. The molecule has 1 N–H and O–H groups in total. The van der Waals surface area contributed by atoms with E-state index < -0.39 is 10.0 Å². The Morgan fingerprint density at radius 3 is 2.58 bits per heavy atom. The van der Waals surface area contributed by atoms with Gasteiger partial charge in [0.1, 0.15) is 5.82 Å². The van der Waals surface area contributed by atoms with Gasteiger partial charge < -0.3 is 4.98 Å². The molecule has 4 aromatic rings. The van der Waals surface area contributed by atoms with Crippen LogP contribution in [0, 0.1) is 0 Å². The molecule has 0 bridgehead atoms. The van der Waals surface area contributed by atoms with Gasteiger partial charge in [-0.15, -0.1) is 0 Å². The van der Waals surface area contributed by atoms with Crippen LogP contribution in [-0.4, -0.2) is 18.4 Å². The van der Waals surface area contributed by atoms with Crippen LogP contribution in [0.2, 0.25) is 0 Å². The van der Waals surface area contributed by atoms with Gasteiger partial charge in [0, 0.05) is 5.39 Å². The molecule has 3 aromatic carbocycles. The number of aromatic nitrogens is 2. The molecule has 0 unspecified atom stereocenters. The number of nitrogens with one attached hydrogen (secondary N) is 1. The Labute approximate surface area is 138 Å². The van der Waals surface area contributed by atoms with Crippen molar-refractivity contribution in [1.29, 1.82) is 0 Å². The Balaban J connectivity index is 1.68. The number of hydrogen-bond donors (Lipinski definition) is 1. The number of imidazole rings is 1. The maximum Gasteiger partial charge on any atom is 0.265 e. The summed E-state index contributed by atoms with van der Waals surface area (Å²) in [6.45, 7) is 0.185. The molecule has 1 aliphatic rings. The summed E-state index contributed by atoms with van der Waals surface area (Å²) < 4.78 is 27.4. The van der Waals surface area contributed by atoms with Crippen molar-refractivity contribution < 1.29 is 8.42 Å². The molecular weight excluding hydrogens is 322 g/mol. The van der Waals surface area contributed by atoms with Crippen LogP contribution in [-0.2, 0) is 16.6 Å². The van der Waals surface area contributed by atoms with Crippen LogP contribution in [0.3, 0.4) is 0 Å². The van der Waals surface area contributed by atoms with E-state index in [0.717, 1.165) is 21.8 Å². The van der Waals surface area contributed by atoms with Crippen molar-refractivity contribution in [2.45, 2.75) is 11.4 Å². The number of H-pyrrole nitrogens is 1. The summed E-state index contributed by atoms with van der Waals surface area (Å²) in [6.07, 6.45) is 0. The summed E-state index contributed by atoms with van der Waals surface area (Å²) in [4.78, 5) is 8.08. The Morgan fingerprint density at radius 2 is 1.75 bits per heavy atom. The second-order valence-electron chi connectivity index (χ2n) is 5.84. The van der Waals surface area contributed by atoms with E-state index in [9.17, 15) is 8.42 Å². The summed E-state index contributed by atoms with van der Waals surface area (Å²) in [5.41, 5.74) is 2.45. The lowest BCUT2D eigenvalue weighted by atomic mass is 10.1. The van der Waals surface area contributed by atoms with Gasteiger partial charge in [-0.2, -0.15) is 0 Å². The standard InChI is InChI=1S/C18H13N3O2S/c22-24(23)16-10-4-6-12-5-3-9-15(18(12)16)21(24)11-17-19-13-7-1-2-8-14(13)20-17/h1-10H,11H2,(H,19,20). The largest absolute Gasteiger partial charge is 0.340 e. The predicted molar refractivity (Wildman–Crippen MR) is 93.4 cm³/mol. The first-order valence-corrected chi connectivity index (χ1v) is 9.07. The molecule has 2 heterocycles. The number of rotatable bonds is 2. The van der Waals surface area contributed by atoms with Gasteiger partial charge in [0.05, 0.1) is 28.2 Å². The van der Waals surface area contributed by atoms with E-state index in [1.807, 2.05) is 48.5 Å². The quantitative estimate of drug-likeness (QED) is 0.610. The van der Waals surface area contributed by atoms with Gasteiger partial charge in [0.2, 0.25) is 0 Å². The molecule has 1 aromatic heterocycles. The third-order valence-electron chi connectivity index (χ3n) is 4.41. The minimum Gasteiger partial charge on any atom is -0.340 e. The lowest BCUT2D eigenvalue weighted by molar-refractivity contribution is 0.592. The van der Waals surface area contributed by atoms with Crippen LogP contribution in [0.1, 0.15) is 5.82 Å². The van der Waals surface area contributed by atoms with E-state index in [-0.39, 0.29) is 6.54 Å². The molecule has 0 spiro atoms. The van der Waals surface area contributed by atoms with Crippen LogP contribution in [0.5, 0.6) is 0 Å². The smallest absolute Gasteiger partial charge is 0.265 e. The van der Waals surface area contributed by atoms with Crippen molar-refractivity contribution in [3.8, 4) is 0 Å². The number of aromatic amines is 1. The van der Waals surface area contributed by atoms with Crippen molar-refractivity contribution in [3.63, 3.8) is 0 Å². The highest BCUT2D eigenvalue weighted by Crippen LogP contribution is 2.42. The maximum atomic E-state index is 13.0. The third-order valence-corrected chi connectivity index (χ3v) is 6.22. The van der Waals surface area contributed by atoms with Gasteiger partial charge in [-0.3, -0.25) is 4.31 Å². The van der Waals surface area contributed by atoms with Crippen molar-refractivity contribution in [2.24, 2.45) is 0 Å². The van der Waals surface area contributed by atoms with E-state index in [4.69, 9.17) is 0 Å². The van der Waals surface area contributed by atoms with E-state index in [0.29, 0.717) is 16.4 Å². The summed E-state index contributed by atoms with van der Waals surface area (Å²) in [6, 6.07) is 18.7. The van der Waals surface area contributed by atoms with Crippen LogP contribution >= 0.6 is 0 Å². The van der Waals surface area contributed by atoms with Crippen molar-refractivity contribution in [2.75, 3.05) is 4.31 Å². The number of fused-ring (bicyclic) bond motifs is 1. The summed E-state index contributed by atoms with van der Waals surface area (Å²) in [5, 5.41) is 1.72. The highest BCUT2D eigenvalue weighted by Gasteiger charge is 2.35. The SMILES string of the molecule is O=S1(=O)c2cccc3cccc(c23)N1Cc1nc2ccccc2[nH]1. The Bertz CT molecular complexity index is 1170. The fraction of sp³-hybridized carbons (Fsp3) is 0.0556. The molecule has 5 rings (SSSR count). The van der Waals surface area contributed by atoms with E-state index in [2.05, 4.69) is 9.97 Å². The first-order valence-electron chi connectivity index (χ1n) is 7.63. The monoisotopic (exact) mass is 335 g/mol. The molecule has 118 valence electrons. The molecule has 0 saturated carbocycles. The third kappa shape index (κ3) is 1.74. The van der Waals surface area contributed by atoms with E-state index >= 15 is 0 Å². The molecule has 0 atom stereocenters. The second-order valence-corrected chi connectivity index (χ2v) is 7.67. The zero-order chi connectivity index (χ0) is 16.3. The summed E-state index contributed by atoms with van der Waals surface area (Å²) >= 11 is 0. The zero-order valence-electron chi connectivity index (χ0n) is 12.6. The van der Waals surface area contributed by atoms with Gasteiger partial charge in [0.25, 0.3) is 10.0 Å². The van der Waals surface area contributed by atoms with Crippen LogP contribution < -0.4 is 4.31 Å². The maximum absolute atomic E-state index is 13.0. The molecule has 0 fully saturated rings. The average Bonchev–Trinajstić information content (AvgIpc) is 3.09. The van der Waals surface area contributed by atoms with Gasteiger partial charge >= 0.3 is 0 Å². The number of nitrogens with zero attached hydrogens (tertiary/aromatic N) is 2. The van der Waals surface area contributed by atoms with Crippen molar-refractivity contribution in [1.82, 2.24) is 9.97 Å². The molecular formula is C18H13N3O2S. The number of benzene rings is 3. The fourth-order valence-electron chi connectivity index (χ4n) is 3.35. The van der Waals surface area contributed by atoms with Crippen molar-refractivity contribution in [3.05, 3.63) is 66.5 Å². The second kappa shape index (κ2) is 4.58. The lowest BCUT2D eigenvalue weighted by Gasteiger charge is -2.17. The van der Waals surface area contributed by atoms with Crippen LogP contribution in [0.15, 0.2) is 65.6 Å². The zero-order valence-corrected chi connectivity index (χ0v) is 13.4. The highest BCUT2D eigenvalue weighted by molar-refractivity contribution is 7.93. The van der Waals surface area contributed by atoms with Gasteiger partial charge in [-0.05, 0) is 29.7 Å². The summed E-state index contributed by atoms with van der Waals surface area (Å²) in [5.74, 6) is 0.629. The predicted octanol–water partition coefficient (Wildman–Crippen LogP) is 3.43. The molecule has 1 aliphatic heterocycles. The minimum atomic E-state index is -3.56. The molecule has 0 aliphatic carbocycles. The van der Waals surface area contributed by atoms with Gasteiger partial charge in [0.15, 0.2) is 0 Å². The van der Waals surface area contributed by atoms with Crippen LogP contribution in [0.25, 0.3) is 21.8 Å². The number of sulfonamides is 1. The molecule has 6 heteroatoms. The Hall–Kier alpha value is -2.86. The van der Waals surface area contributed by atoms with Crippen molar-refractivity contribution >= 4 is 37.5 Å². The normalized spacial score (nSPS) is 15.4. The number of para-hydroxylation sites is 2. The molecule has 24 heavy (non-hydrogen) atoms. The molecule has 0 amide bonds. The highest BCUT2D eigenvalue weighted by atomic mass is 32.2. The average molecular weight is 335 g/mol.